The molecule has 0 unspecified atom stereocenters. The summed E-state index contributed by atoms with van der Waals surface area (Å²) in [6.07, 6.45) is 7.91. The van der Waals surface area contributed by atoms with E-state index in [1.54, 1.807) is 5.38 Å². The van der Waals surface area contributed by atoms with E-state index < -0.39 is 6.16 Å². The standard InChI is InChI=1S/C21H29NO5S2/c1-14(2)5-3-7-16(23)8-4-6-15-9-10-18(24)17(15)11-12-28-20-22-19(13-29-20)27-21(25)26/h4,6,13,15-17,23H,1,3,5,7-12H2,2H3,(H,25,26)/b6-4+/t15-,16-,17+/m0/s1. The minimum absolute atomic E-state index is 0.00834. The molecule has 3 atom stereocenters. The van der Waals surface area contributed by atoms with Crippen molar-refractivity contribution in [1.29, 1.82) is 0 Å². The molecule has 0 amide bonds. The van der Waals surface area contributed by atoms with Crippen molar-refractivity contribution < 1.29 is 24.5 Å². The number of hydrogen-bond donors (Lipinski definition) is 2. The molecule has 0 aliphatic heterocycles. The van der Waals surface area contributed by atoms with Crippen LogP contribution in [0.4, 0.5) is 4.79 Å². The molecule has 1 fully saturated rings. The molecule has 1 aromatic heterocycles. The second kappa shape index (κ2) is 12.1. The van der Waals surface area contributed by atoms with E-state index in [1.807, 2.05) is 13.0 Å². The van der Waals surface area contributed by atoms with Crippen LogP contribution in [0.15, 0.2) is 34.0 Å². The molecule has 1 aliphatic rings. The van der Waals surface area contributed by atoms with Crippen LogP contribution in [-0.4, -0.2) is 39.0 Å². The predicted molar refractivity (Wildman–Crippen MR) is 116 cm³/mol. The van der Waals surface area contributed by atoms with Gasteiger partial charge in [-0.1, -0.05) is 29.5 Å². The predicted octanol–water partition coefficient (Wildman–Crippen LogP) is 5.33. The fourth-order valence-corrected chi connectivity index (χ4v) is 5.24. The molecular weight excluding hydrogens is 410 g/mol. The monoisotopic (exact) mass is 439 g/mol. The molecule has 29 heavy (non-hydrogen) atoms. The first-order valence-electron chi connectivity index (χ1n) is 9.86. The number of rotatable bonds is 12. The van der Waals surface area contributed by atoms with Crippen LogP contribution in [0, 0.1) is 11.8 Å². The average Bonchev–Trinajstić information content (AvgIpc) is 3.22. The van der Waals surface area contributed by atoms with Gasteiger partial charge in [-0.3, -0.25) is 4.79 Å². The summed E-state index contributed by atoms with van der Waals surface area (Å²) in [5.74, 6) is 1.37. The topological polar surface area (TPSA) is 96.7 Å². The zero-order valence-corrected chi connectivity index (χ0v) is 18.3. The van der Waals surface area contributed by atoms with E-state index in [-0.39, 0.29) is 23.8 Å². The number of ether oxygens (including phenoxy) is 1. The van der Waals surface area contributed by atoms with Crippen molar-refractivity contribution in [3.63, 3.8) is 0 Å². The van der Waals surface area contributed by atoms with Crippen molar-refractivity contribution >= 4 is 35.0 Å². The molecule has 1 heterocycles. The fraction of sp³-hybridized carbons (Fsp3) is 0.571. The molecule has 0 spiro atoms. The Morgan fingerprint density at radius 3 is 3.07 bits per heavy atom. The number of carbonyl (C=O) groups excluding carboxylic acids is 1. The van der Waals surface area contributed by atoms with E-state index in [0.717, 1.165) is 47.8 Å². The van der Waals surface area contributed by atoms with Crippen LogP contribution in [0.3, 0.4) is 0 Å². The zero-order chi connectivity index (χ0) is 21.2. The fourth-order valence-electron chi connectivity index (χ4n) is 3.43. The zero-order valence-electron chi connectivity index (χ0n) is 16.7. The van der Waals surface area contributed by atoms with Gasteiger partial charge in [0, 0.05) is 18.1 Å². The van der Waals surface area contributed by atoms with Gasteiger partial charge in [-0.05, 0) is 51.4 Å². The van der Waals surface area contributed by atoms with Crippen LogP contribution in [0.25, 0.3) is 0 Å². The van der Waals surface area contributed by atoms with E-state index in [0.29, 0.717) is 18.6 Å². The summed E-state index contributed by atoms with van der Waals surface area (Å²) in [6.45, 7) is 5.87. The van der Waals surface area contributed by atoms with Crippen molar-refractivity contribution in [3.05, 3.63) is 29.7 Å². The molecule has 0 radical (unpaired) electrons. The maximum absolute atomic E-state index is 12.3. The third-order valence-electron chi connectivity index (χ3n) is 4.90. The van der Waals surface area contributed by atoms with Gasteiger partial charge in [-0.15, -0.1) is 17.9 Å². The Kier molecular flexibility index (Phi) is 9.90. The summed E-state index contributed by atoms with van der Waals surface area (Å²) in [7, 11) is 0. The van der Waals surface area contributed by atoms with Crippen LogP contribution >= 0.6 is 23.1 Å². The normalized spacial score (nSPS) is 20.3. The summed E-state index contributed by atoms with van der Waals surface area (Å²) < 4.78 is 5.26. The van der Waals surface area contributed by atoms with Crippen molar-refractivity contribution in [3.8, 4) is 5.88 Å². The first-order chi connectivity index (χ1) is 13.8. The number of thioether (sulfide) groups is 1. The van der Waals surface area contributed by atoms with Crippen LogP contribution in [0.1, 0.15) is 51.9 Å². The summed E-state index contributed by atoms with van der Waals surface area (Å²) in [6, 6.07) is 0. The lowest BCUT2D eigenvalue weighted by atomic mass is 9.92. The van der Waals surface area contributed by atoms with Gasteiger partial charge in [0.15, 0.2) is 4.34 Å². The van der Waals surface area contributed by atoms with E-state index in [1.165, 1.54) is 23.1 Å². The summed E-state index contributed by atoms with van der Waals surface area (Å²) >= 11 is 2.84. The van der Waals surface area contributed by atoms with E-state index in [9.17, 15) is 14.7 Å². The Morgan fingerprint density at radius 1 is 1.55 bits per heavy atom. The highest BCUT2D eigenvalue weighted by Crippen LogP contribution is 2.35. The number of thiazole rings is 1. The quantitative estimate of drug-likeness (QED) is 0.258. The third kappa shape index (κ3) is 8.72. The van der Waals surface area contributed by atoms with Crippen molar-refractivity contribution in [2.24, 2.45) is 11.8 Å². The van der Waals surface area contributed by atoms with Gasteiger partial charge in [0.1, 0.15) is 5.78 Å². The number of ketones is 1. The average molecular weight is 440 g/mol. The number of hydrogen-bond acceptors (Lipinski definition) is 7. The molecule has 6 nitrogen and oxygen atoms in total. The number of aliphatic hydroxyl groups excluding tert-OH is 1. The Labute approximate surface area is 180 Å². The largest absolute Gasteiger partial charge is 0.512 e. The van der Waals surface area contributed by atoms with Gasteiger partial charge in [0.05, 0.1) is 11.5 Å². The lowest BCUT2D eigenvalue weighted by Gasteiger charge is -2.14. The summed E-state index contributed by atoms with van der Waals surface area (Å²) in [4.78, 5) is 26.9. The highest BCUT2D eigenvalue weighted by atomic mass is 32.2. The van der Waals surface area contributed by atoms with E-state index in [2.05, 4.69) is 22.4 Å². The summed E-state index contributed by atoms with van der Waals surface area (Å²) in [5, 5.41) is 20.2. The molecule has 0 aromatic carbocycles. The number of allylic oxidation sites excluding steroid dienone is 2. The van der Waals surface area contributed by atoms with Gasteiger partial charge in [-0.25, -0.2) is 4.79 Å². The first-order valence-corrected chi connectivity index (χ1v) is 11.7. The lowest BCUT2D eigenvalue weighted by molar-refractivity contribution is -0.121. The molecule has 2 N–H and O–H groups in total. The molecule has 1 saturated carbocycles. The number of aromatic nitrogens is 1. The van der Waals surface area contributed by atoms with Crippen LogP contribution in [0.2, 0.25) is 0 Å². The van der Waals surface area contributed by atoms with Gasteiger partial charge >= 0.3 is 6.16 Å². The highest BCUT2D eigenvalue weighted by molar-refractivity contribution is 8.01. The number of carbonyl (C=O) groups is 2. The first kappa shape index (κ1) is 23.6. The molecule has 2 rings (SSSR count). The number of Topliss-reactive ketones (excluding diaryl/α,β-unsaturated/α-hetero) is 1. The molecule has 1 aliphatic carbocycles. The lowest BCUT2D eigenvalue weighted by Crippen LogP contribution is -2.14. The van der Waals surface area contributed by atoms with Crippen LogP contribution < -0.4 is 4.74 Å². The van der Waals surface area contributed by atoms with Crippen molar-refractivity contribution in [1.82, 2.24) is 4.98 Å². The smallest absolute Gasteiger partial charge is 0.449 e. The maximum atomic E-state index is 12.3. The summed E-state index contributed by atoms with van der Waals surface area (Å²) in [5.41, 5.74) is 1.14. The Balaban J connectivity index is 1.74. The number of carboxylic acid groups (broad SMARTS) is 1. The highest BCUT2D eigenvalue weighted by Gasteiger charge is 2.32. The molecule has 0 bridgehead atoms. The van der Waals surface area contributed by atoms with Crippen molar-refractivity contribution in [2.45, 2.75) is 62.3 Å². The molecule has 160 valence electrons. The van der Waals surface area contributed by atoms with Crippen molar-refractivity contribution in [2.75, 3.05) is 5.75 Å². The third-order valence-corrected chi connectivity index (χ3v) is 6.93. The van der Waals surface area contributed by atoms with Gasteiger partial charge in [-0.2, -0.15) is 4.98 Å². The molecule has 8 heteroatoms. The van der Waals surface area contributed by atoms with Gasteiger partial charge in [0.25, 0.3) is 0 Å². The SMILES string of the molecule is C=C(C)CCC[C@H](O)C/C=C/[C@H]1CCC(=O)[C@@H]1CCSc1nc(OC(=O)O)cs1. The second-order valence-electron chi connectivity index (χ2n) is 7.40. The van der Waals surface area contributed by atoms with E-state index in [4.69, 9.17) is 5.11 Å². The second-order valence-corrected chi connectivity index (χ2v) is 9.60. The molecular formula is C21H29NO5S2. The van der Waals surface area contributed by atoms with Crippen LogP contribution in [-0.2, 0) is 4.79 Å². The Hall–Kier alpha value is -1.64. The Morgan fingerprint density at radius 2 is 2.34 bits per heavy atom. The number of nitrogens with zero attached hydrogens (tertiary/aromatic N) is 1. The minimum atomic E-state index is -1.38. The Bertz CT molecular complexity index is 730. The minimum Gasteiger partial charge on any atom is -0.449 e. The molecule has 0 saturated heterocycles. The van der Waals surface area contributed by atoms with Crippen LogP contribution in [0.5, 0.6) is 5.88 Å². The number of aliphatic hydroxyl groups is 1. The maximum Gasteiger partial charge on any atom is 0.512 e. The van der Waals surface area contributed by atoms with Gasteiger partial charge in [0.2, 0.25) is 5.88 Å². The van der Waals surface area contributed by atoms with E-state index >= 15 is 0 Å². The van der Waals surface area contributed by atoms with Gasteiger partial charge < -0.3 is 14.9 Å². The molecule has 1 aromatic rings.